The maximum atomic E-state index is 16.3. The normalized spacial score (nSPS) is 54.0. The fraction of sp³-hybridized carbons (Fsp3) is 0.909. The Morgan fingerprint density at radius 3 is 2.68 bits per heavy atom. The zero-order valence-electron chi connectivity index (χ0n) is 16.2. The van der Waals surface area contributed by atoms with Crippen LogP contribution in [0.15, 0.2) is 11.6 Å². The second kappa shape index (κ2) is 6.05. The van der Waals surface area contributed by atoms with Crippen LogP contribution in [-0.4, -0.2) is 30.1 Å². The molecule has 0 heterocycles. The maximum Gasteiger partial charge on any atom is 0.117 e. The average Bonchev–Trinajstić information content (AvgIpc) is 2.92. The Hall–Kier alpha value is -0.410. The summed E-state index contributed by atoms with van der Waals surface area (Å²) in [6.07, 6.45) is 10.8. The molecule has 0 amide bonds. The van der Waals surface area contributed by atoms with Gasteiger partial charge in [-0.05, 0) is 93.8 Å². The van der Waals surface area contributed by atoms with Gasteiger partial charge in [0.1, 0.15) is 5.67 Å². The highest BCUT2D eigenvalue weighted by Crippen LogP contribution is 2.66. The molecule has 2 nitrogen and oxygen atoms in total. The Labute approximate surface area is 152 Å². The predicted molar refractivity (Wildman–Crippen MR) is 98.0 cm³/mol. The number of methoxy groups -OCH3 is 1. The van der Waals surface area contributed by atoms with Crippen LogP contribution in [0.25, 0.3) is 0 Å². The summed E-state index contributed by atoms with van der Waals surface area (Å²) in [6.45, 7) is 4.98. The van der Waals surface area contributed by atoms with Crippen LogP contribution in [0.2, 0.25) is 0 Å². The third-order valence-electron chi connectivity index (χ3n) is 8.79. The van der Waals surface area contributed by atoms with Crippen LogP contribution < -0.4 is 0 Å². The molecule has 4 fully saturated rings. The summed E-state index contributed by atoms with van der Waals surface area (Å²) >= 11 is 0. The van der Waals surface area contributed by atoms with E-state index < -0.39 is 11.3 Å². The van der Waals surface area contributed by atoms with E-state index in [4.69, 9.17) is 4.74 Å². The number of hydrogen-bond acceptors (Lipinski definition) is 2. The number of allylic oxidation sites excluding steroid dienone is 2. The van der Waals surface area contributed by atoms with Crippen molar-refractivity contribution in [3.63, 3.8) is 0 Å². The van der Waals surface area contributed by atoms with Crippen LogP contribution in [0, 0.1) is 29.1 Å². The molecule has 0 aliphatic heterocycles. The molecule has 142 valence electrons. The molecule has 0 radical (unpaired) electrons. The van der Waals surface area contributed by atoms with Crippen molar-refractivity contribution >= 4 is 0 Å². The van der Waals surface area contributed by atoms with Gasteiger partial charge in [0.15, 0.2) is 0 Å². The number of ether oxygens (including phenoxy) is 1. The Morgan fingerprint density at radius 1 is 1.16 bits per heavy atom. The zero-order chi connectivity index (χ0) is 17.9. The molecule has 4 rings (SSSR count). The molecule has 0 saturated heterocycles. The third-order valence-corrected chi connectivity index (χ3v) is 8.79. The summed E-state index contributed by atoms with van der Waals surface area (Å²) in [5.74, 6) is 1.46. The van der Waals surface area contributed by atoms with Gasteiger partial charge in [-0.3, -0.25) is 0 Å². The molecular formula is C22H35FO2. The summed E-state index contributed by atoms with van der Waals surface area (Å²) in [7, 11) is 1.63. The second-order valence-electron chi connectivity index (χ2n) is 9.75. The third kappa shape index (κ3) is 2.56. The van der Waals surface area contributed by atoms with E-state index in [1.165, 1.54) is 12.8 Å². The van der Waals surface area contributed by atoms with Gasteiger partial charge < -0.3 is 9.84 Å². The summed E-state index contributed by atoms with van der Waals surface area (Å²) < 4.78 is 21.6. The SMILES string of the molecule is CC=C1CC[C@H]2[C@@H]3CC[C@@H]4C[C@@](O)(COC)CC[C@]4(F)C3CC[C@]12C. The monoisotopic (exact) mass is 350 g/mol. The quantitative estimate of drug-likeness (QED) is 0.706. The number of aliphatic hydroxyl groups is 1. The largest absolute Gasteiger partial charge is 0.387 e. The molecule has 0 aromatic heterocycles. The van der Waals surface area contributed by atoms with Crippen LogP contribution in [0.5, 0.6) is 0 Å². The van der Waals surface area contributed by atoms with E-state index in [0.29, 0.717) is 43.1 Å². The predicted octanol–water partition coefficient (Wildman–Crippen LogP) is 5.05. The van der Waals surface area contributed by atoms with Gasteiger partial charge in [-0.2, -0.15) is 0 Å². The van der Waals surface area contributed by atoms with E-state index in [1.807, 2.05) is 0 Å². The Kier molecular flexibility index (Phi) is 4.35. The second-order valence-corrected chi connectivity index (χ2v) is 9.75. The number of alkyl halides is 1. The smallest absolute Gasteiger partial charge is 0.117 e. The molecule has 0 spiro atoms. The Balaban J connectivity index is 1.58. The number of fused-ring (bicyclic) bond motifs is 5. The van der Waals surface area contributed by atoms with Crippen LogP contribution >= 0.6 is 0 Å². The first-order valence-corrected chi connectivity index (χ1v) is 10.4. The van der Waals surface area contributed by atoms with Crippen molar-refractivity contribution in [2.75, 3.05) is 13.7 Å². The van der Waals surface area contributed by atoms with Gasteiger partial charge in [-0.1, -0.05) is 18.6 Å². The van der Waals surface area contributed by atoms with E-state index in [1.54, 1.807) is 12.7 Å². The first-order chi connectivity index (χ1) is 11.9. The van der Waals surface area contributed by atoms with Gasteiger partial charge >= 0.3 is 0 Å². The van der Waals surface area contributed by atoms with Crippen molar-refractivity contribution < 1.29 is 14.2 Å². The van der Waals surface area contributed by atoms with Gasteiger partial charge in [-0.15, -0.1) is 0 Å². The van der Waals surface area contributed by atoms with E-state index in [9.17, 15) is 5.11 Å². The fourth-order valence-electron chi connectivity index (χ4n) is 7.59. The highest BCUT2D eigenvalue weighted by molar-refractivity contribution is 5.24. The van der Waals surface area contributed by atoms with Crippen LogP contribution in [0.3, 0.4) is 0 Å². The molecule has 7 atom stereocenters. The van der Waals surface area contributed by atoms with E-state index in [0.717, 1.165) is 25.7 Å². The minimum absolute atomic E-state index is 0.0228. The van der Waals surface area contributed by atoms with Crippen molar-refractivity contribution in [1.82, 2.24) is 0 Å². The van der Waals surface area contributed by atoms with Gasteiger partial charge in [0.2, 0.25) is 0 Å². The average molecular weight is 351 g/mol. The molecule has 4 aliphatic carbocycles. The van der Waals surface area contributed by atoms with Crippen molar-refractivity contribution in [3.8, 4) is 0 Å². The standard InChI is InChI=1S/C22H35FO2/c1-4-15-6-8-18-17-7-5-16-13-21(24,14-25-3)11-12-22(16,23)19(17)9-10-20(15,18)2/h4,16-19,24H,5-14H2,1-3H3/t16-,17+,18+,19?,20-,21-,22-/m1/s1. The number of hydrogen-bond donors (Lipinski definition) is 1. The van der Waals surface area contributed by atoms with Crippen molar-refractivity contribution in [3.05, 3.63) is 11.6 Å². The molecule has 0 bridgehead atoms. The van der Waals surface area contributed by atoms with E-state index >= 15 is 4.39 Å². The van der Waals surface area contributed by atoms with Gasteiger partial charge in [0.05, 0.1) is 12.2 Å². The van der Waals surface area contributed by atoms with E-state index in [-0.39, 0.29) is 11.8 Å². The van der Waals surface area contributed by atoms with Gasteiger partial charge in [0.25, 0.3) is 0 Å². The lowest BCUT2D eigenvalue weighted by Crippen LogP contribution is -2.59. The fourth-order valence-corrected chi connectivity index (χ4v) is 7.59. The van der Waals surface area contributed by atoms with Crippen molar-refractivity contribution in [2.45, 2.75) is 82.9 Å². The molecule has 25 heavy (non-hydrogen) atoms. The van der Waals surface area contributed by atoms with Crippen molar-refractivity contribution in [1.29, 1.82) is 0 Å². The van der Waals surface area contributed by atoms with E-state index in [2.05, 4.69) is 19.9 Å². The number of rotatable bonds is 2. The molecule has 4 aliphatic rings. The molecule has 4 saturated carbocycles. The topological polar surface area (TPSA) is 29.5 Å². The summed E-state index contributed by atoms with van der Waals surface area (Å²) in [4.78, 5) is 0. The molecular weight excluding hydrogens is 315 g/mol. The molecule has 0 aromatic rings. The molecule has 1 unspecified atom stereocenters. The lowest BCUT2D eigenvalue weighted by Gasteiger charge is -2.59. The van der Waals surface area contributed by atoms with Crippen molar-refractivity contribution in [2.24, 2.45) is 29.1 Å². The first kappa shape index (κ1) is 18.0. The zero-order valence-corrected chi connectivity index (χ0v) is 16.2. The first-order valence-electron chi connectivity index (χ1n) is 10.4. The van der Waals surface area contributed by atoms with Crippen LogP contribution in [0.1, 0.15) is 71.6 Å². The highest BCUT2D eigenvalue weighted by Gasteiger charge is 2.62. The minimum atomic E-state index is -1.05. The Bertz CT molecular complexity index is 560. The maximum absolute atomic E-state index is 16.3. The molecule has 1 N–H and O–H groups in total. The minimum Gasteiger partial charge on any atom is -0.387 e. The lowest BCUT2D eigenvalue weighted by molar-refractivity contribution is -0.173. The summed E-state index contributed by atoms with van der Waals surface area (Å²) in [5.41, 5.74) is 0.0911. The summed E-state index contributed by atoms with van der Waals surface area (Å²) in [6, 6.07) is 0. The van der Waals surface area contributed by atoms with Crippen LogP contribution in [0.4, 0.5) is 4.39 Å². The molecule has 3 heteroatoms. The Morgan fingerprint density at radius 2 is 1.96 bits per heavy atom. The van der Waals surface area contributed by atoms with Gasteiger partial charge in [0, 0.05) is 7.11 Å². The molecule has 0 aromatic carbocycles. The van der Waals surface area contributed by atoms with Crippen LogP contribution in [-0.2, 0) is 4.74 Å². The highest BCUT2D eigenvalue weighted by atomic mass is 19.1. The van der Waals surface area contributed by atoms with Gasteiger partial charge in [-0.25, -0.2) is 4.39 Å². The lowest BCUT2D eigenvalue weighted by atomic mass is 9.48. The summed E-state index contributed by atoms with van der Waals surface area (Å²) in [5, 5.41) is 10.8. The number of halogens is 1.